The molecule has 1 heterocycles. The van der Waals surface area contributed by atoms with Gasteiger partial charge in [-0.2, -0.15) is 0 Å². The predicted octanol–water partition coefficient (Wildman–Crippen LogP) is 5.04. The quantitative estimate of drug-likeness (QED) is 0.516. The van der Waals surface area contributed by atoms with E-state index in [4.69, 9.17) is 9.47 Å². The van der Waals surface area contributed by atoms with E-state index in [2.05, 4.69) is 10.3 Å². The van der Waals surface area contributed by atoms with Gasteiger partial charge in [-0.25, -0.2) is 0 Å². The van der Waals surface area contributed by atoms with Crippen molar-refractivity contribution in [3.05, 3.63) is 91.1 Å². The Morgan fingerprint density at radius 3 is 2.39 bits per heavy atom. The molecule has 0 saturated carbocycles. The third-order valence-corrected chi connectivity index (χ3v) is 4.07. The van der Waals surface area contributed by atoms with Crippen molar-refractivity contribution in [1.29, 1.82) is 0 Å². The Balaban J connectivity index is 1.34. The zero-order valence-corrected chi connectivity index (χ0v) is 15.0. The number of ether oxygens (including phenoxy) is 2. The van der Waals surface area contributed by atoms with Crippen molar-refractivity contribution in [1.82, 2.24) is 4.98 Å². The summed E-state index contributed by atoms with van der Waals surface area (Å²) in [4.78, 5) is 16.5. The van der Waals surface area contributed by atoms with E-state index >= 15 is 0 Å². The van der Waals surface area contributed by atoms with Crippen LogP contribution in [0, 0.1) is 0 Å². The minimum absolute atomic E-state index is 0.0993. The van der Waals surface area contributed by atoms with E-state index in [1.807, 2.05) is 54.6 Å². The van der Waals surface area contributed by atoms with Gasteiger partial charge >= 0.3 is 0 Å². The monoisotopic (exact) mass is 370 g/mol. The summed E-state index contributed by atoms with van der Waals surface area (Å²) in [5, 5.41) is 3.78. The number of carbonyl (C=O) groups excluding carboxylic acids is 1. The molecule has 1 aromatic heterocycles. The first-order valence-electron chi connectivity index (χ1n) is 8.87. The molecule has 5 heteroatoms. The van der Waals surface area contributed by atoms with Crippen LogP contribution < -0.4 is 14.8 Å². The van der Waals surface area contributed by atoms with Crippen LogP contribution >= 0.6 is 0 Å². The highest BCUT2D eigenvalue weighted by molar-refractivity contribution is 5.92. The van der Waals surface area contributed by atoms with Crippen LogP contribution in [-0.4, -0.2) is 17.5 Å². The number of nitrogens with one attached hydrogen (secondary N) is 1. The number of benzene rings is 3. The molecule has 138 valence electrons. The van der Waals surface area contributed by atoms with Gasteiger partial charge in [0.25, 0.3) is 5.91 Å². The Bertz CT molecular complexity index is 1070. The van der Waals surface area contributed by atoms with E-state index in [1.54, 1.807) is 36.5 Å². The summed E-state index contributed by atoms with van der Waals surface area (Å²) in [5.74, 6) is 1.79. The first-order valence-corrected chi connectivity index (χ1v) is 8.87. The molecule has 1 amide bonds. The van der Waals surface area contributed by atoms with E-state index in [0.29, 0.717) is 17.2 Å². The first-order chi connectivity index (χ1) is 13.8. The number of pyridine rings is 1. The molecule has 0 aliphatic heterocycles. The molecule has 5 nitrogen and oxygen atoms in total. The number of aromatic nitrogens is 1. The molecule has 1 N–H and O–H groups in total. The number of fused-ring (bicyclic) bond motifs is 1. The lowest BCUT2D eigenvalue weighted by molar-refractivity contribution is -0.118. The maximum atomic E-state index is 12.2. The van der Waals surface area contributed by atoms with Gasteiger partial charge in [0.2, 0.25) is 0 Å². The highest BCUT2D eigenvalue weighted by Gasteiger charge is 2.07. The SMILES string of the molecule is O=C(COc1cccc2cccnc12)Nc1ccc(Oc2ccccc2)cc1. The molecule has 0 bridgehead atoms. The number of hydrogen-bond acceptors (Lipinski definition) is 4. The Morgan fingerprint density at radius 2 is 1.57 bits per heavy atom. The summed E-state index contributed by atoms with van der Waals surface area (Å²) in [5.41, 5.74) is 1.41. The Labute approximate surface area is 162 Å². The van der Waals surface area contributed by atoms with Gasteiger partial charge in [-0.05, 0) is 48.5 Å². The number of amides is 1. The van der Waals surface area contributed by atoms with Gasteiger partial charge in [0.05, 0.1) is 0 Å². The third kappa shape index (κ3) is 4.27. The summed E-state index contributed by atoms with van der Waals surface area (Å²) >= 11 is 0. The zero-order valence-electron chi connectivity index (χ0n) is 15.0. The largest absolute Gasteiger partial charge is 0.481 e. The predicted molar refractivity (Wildman–Crippen MR) is 109 cm³/mol. The topological polar surface area (TPSA) is 60.5 Å². The normalized spacial score (nSPS) is 10.4. The second kappa shape index (κ2) is 8.22. The maximum Gasteiger partial charge on any atom is 0.262 e. The van der Waals surface area contributed by atoms with Crippen molar-refractivity contribution in [2.45, 2.75) is 0 Å². The van der Waals surface area contributed by atoms with Gasteiger partial charge in [-0.1, -0.05) is 36.4 Å². The summed E-state index contributed by atoms with van der Waals surface area (Å²) in [7, 11) is 0. The summed E-state index contributed by atoms with van der Waals surface area (Å²) in [6, 6.07) is 26.2. The fraction of sp³-hybridized carbons (Fsp3) is 0.0435. The van der Waals surface area contributed by atoms with Crippen molar-refractivity contribution in [2.75, 3.05) is 11.9 Å². The average molecular weight is 370 g/mol. The smallest absolute Gasteiger partial charge is 0.262 e. The molecule has 0 saturated heterocycles. The van der Waals surface area contributed by atoms with Crippen LogP contribution in [0.5, 0.6) is 17.2 Å². The first kappa shape index (κ1) is 17.5. The maximum absolute atomic E-state index is 12.2. The molecular weight excluding hydrogens is 352 g/mol. The Kier molecular flexibility index (Phi) is 5.15. The summed E-state index contributed by atoms with van der Waals surface area (Å²) in [6.07, 6.45) is 1.70. The van der Waals surface area contributed by atoms with E-state index in [1.165, 1.54) is 0 Å². The van der Waals surface area contributed by atoms with Crippen molar-refractivity contribution >= 4 is 22.5 Å². The number of hydrogen-bond donors (Lipinski definition) is 1. The lowest BCUT2D eigenvalue weighted by Crippen LogP contribution is -2.20. The van der Waals surface area contributed by atoms with Gasteiger partial charge in [0, 0.05) is 17.3 Å². The molecule has 0 aliphatic rings. The molecule has 0 atom stereocenters. The zero-order chi connectivity index (χ0) is 19.2. The van der Waals surface area contributed by atoms with Gasteiger partial charge < -0.3 is 14.8 Å². The second-order valence-corrected chi connectivity index (χ2v) is 6.11. The standard InChI is InChI=1S/C23H18N2O3/c26-22(16-27-21-10-4-6-17-7-5-15-24-23(17)21)25-18-11-13-20(14-12-18)28-19-8-2-1-3-9-19/h1-15H,16H2,(H,25,26). The highest BCUT2D eigenvalue weighted by Crippen LogP contribution is 2.24. The molecule has 0 fully saturated rings. The Morgan fingerprint density at radius 1 is 0.821 bits per heavy atom. The lowest BCUT2D eigenvalue weighted by Gasteiger charge is -2.10. The molecule has 0 aliphatic carbocycles. The fourth-order valence-electron chi connectivity index (χ4n) is 2.76. The van der Waals surface area contributed by atoms with E-state index in [-0.39, 0.29) is 12.5 Å². The summed E-state index contributed by atoms with van der Waals surface area (Å²) < 4.78 is 11.4. The number of nitrogens with zero attached hydrogens (tertiary/aromatic N) is 1. The minimum Gasteiger partial charge on any atom is -0.481 e. The highest BCUT2D eigenvalue weighted by atomic mass is 16.5. The molecule has 3 aromatic carbocycles. The number of para-hydroxylation sites is 2. The minimum atomic E-state index is -0.246. The van der Waals surface area contributed by atoms with Crippen LogP contribution in [0.15, 0.2) is 91.1 Å². The van der Waals surface area contributed by atoms with Crippen molar-refractivity contribution in [3.63, 3.8) is 0 Å². The molecule has 4 rings (SSSR count). The molecular formula is C23H18N2O3. The van der Waals surface area contributed by atoms with Crippen molar-refractivity contribution < 1.29 is 14.3 Å². The van der Waals surface area contributed by atoms with Crippen molar-refractivity contribution in [3.8, 4) is 17.2 Å². The van der Waals surface area contributed by atoms with Gasteiger partial charge in [0.15, 0.2) is 6.61 Å². The summed E-state index contributed by atoms with van der Waals surface area (Å²) in [6.45, 7) is -0.0993. The fourth-order valence-corrected chi connectivity index (χ4v) is 2.76. The Hall–Kier alpha value is -3.86. The van der Waals surface area contributed by atoms with Crippen LogP contribution in [0.2, 0.25) is 0 Å². The van der Waals surface area contributed by atoms with E-state index in [9.17, 15) is 4.79 Å². The molecule has 4 aromatic rings. The van der Waals surface area contributed by atoms with Gasteiger partial charge in [-0.15, -0.1) is 0 Å². The van der Waals surface area contributed by atoms with Crippen LogP contribution in [-0.2, 0) is 4.79 Å². The van der Waals surface area contributed by atoms with Crippen molar-refractivity contribution in [2.24, 2.45) is 0 Å². The van der Waals surface area contributed by atoms with Gasteiger partial charge in [0.1, 0.15) is 22.8 Å². The molecule has 0 unspecified atom stereocenters. The number of rotatable bonds is 6. The molecule has 0 radical (unpaired) electrons. The second-order valence-electron chi connectivity index (χ2n) is 6.11. The van der Waals surface area contributed by atoms with Crippen LogP contribution in [0.3, 0.4) is 0 Å². The van der Waals surface area contributed by atoms with E-state index < -0.39 is 0 Å². The number of carbonyl (C=O) groups is 1. The average Bonchev–Trinajstić information content (AvgIpc) is 2.74. The van der Waals surface area contributed by atoms with Crippen LogP contribution in [0.25, 0.3) is 10.9 Å². The molecule has 28 heavy (non-hydrogen) atoms. The van der Waals surface area contributed by atoms with Crippen LogP contribution in [0.4, 0.5) is 5.69 Å². The molecule has 0 spiro atoms. The van der Waals surface area contributed by atoms with Gasteiger partial charge in [-0.3, -0.25) is 9.78 Å². The van der Waals surface area contributed by atoms with Crippen LogP contribution in [0.1, 0.15) is 0 Å². The number of anilines is 1. The lowest BCUT2D eigenvalue weighted by atomic mass is 10.2. The third-order valence-electron chi connectivity index (χ3n) is 4.07. The van der Waals surface area contributed by atoms with E-state index in [0.717, 1.165) is 16.7 Å².